The quantitative estimate of drug-likeness (QED) is 0.641. The Balaban J connectivity index is 2.20. The zero-order chi connectivity index (χ0) is 13.1. The van der Waals surface area contributed by atoms with E-state index in [1.165, 1.54) is 12.6 Å². The van der Waals surface area contributed by atoms with Gasteiger partial charge in [0.2, 0.25) is 0 Å². The van der Waals surface area contributed by atoms with Crippen molar-refractivity contribution in [2.75, 3.05) is 0 Å². The number of rotatable bonds is 3. The molecule has 0 spiro atoms. The van der Waals surface area contributed by atoms with E-state index in [9.17, 15) is 4.39 Å². The fourth-order valence-electron chi connectivity index (χ4n) is 3.40. The first-order valence-corrected chi connectivity index (χ1v) is 6.67. The van der Waals surface area contributed by atoms with Gasteiger partial charge in [-0.15, -0.1) is 0 Å². The molecular formula is C14H22FN3. The molecule has 1 heterocycles. The minimum atomic E-state index is -0.272. The summed E-state index contributed by atoms with van der Waals surface area (Å²) < 4.78 is 13.8. The molecule has 1 fully saturated rings. The number of hydrazine groups is 1. The van der Waals surface area contributed by atoms with Crippen molar-refractivity contribution < 1.29 is 4.39 Å². The van der Waals surface area contributed by atoms with Crippen LogP contribution in [0, 0.1) is 23.6 Å². The van der Waals surface area contributed by atoms with Gasteiger partial charge in [0, 0.05) is 11.8 Å². The van der Waals surface area contributed by atoms with Gasteiger partial charge in [0.25, 0.3) is 0 Å². The second-order valence-electron chi connectivity index (χ2n) is 5.72. The van der Waals surface area contributed by atoms with Crippen molar-refractivity contribution in [2.45, 2.75) is 39.2 Å². The summed E-state index contributed by atoms with van der Waals surface area (Å²) in [7, 11) is 0. The molecule has 3 N–H and O–H groups in total. The Morgan fingerprint density at radius 2 is 2.00 bits per heavy atom. The van der Waals surface area contributed by atoms with Gasteiger partial charge in [0.05, 0.1) is 12.2 Å². The molecule has 18 heavy (non-hydrogen) atoms. The Kier molecular flexibility index (Phi) is 4.30. The molecule has 0 amide bonds. The van der Waals surface area contributed by atoms with Crippen LogP contribution in [0.5, 0.6) is 0 Å². The van der Waals surface area contributed by atoms with Crippen LogP contribution in [0.2, 0.25) is 0 Å². The Morgan fingerprint density at radius 3 is 2.56 bits per heavy atom. The van der Waals surface area contributed by atoms with Gasteiger partial charge in [-0.3, -0.25) is 16.3 Å². The summed E-state index contributed by atoms with van der Waals surface area (Å²) in [5, 5.41) is 0. The molecule has 1 aliphatic rings. The molecule has 0 saturated heterocycles. The van der Waals surface area contributed by atoms with E-state index in [4.69, 9.17) is 5.84 Å². The monoisotopic (exact) mass is 251 g/mol. The van der Waals surface area contributed by atoms with Gasteiger partial charge in [-0.1, -0.05) is 13.8 Å². The minimum Gasteiger partial charge on any atom is -0.271 e. The molecule has 3 nitrogen and oxygen atoms in total. The maximum Gasteiger partial charge on any atom is 0.146 e. The SMILES string of the molecule is CC1CC(C)CC(C(NN)c2ccncc2F)C1. The molecule has 0 radical (unpaired) electrons. The molecule has 1 aliphatic carbocycles. The predicted octanol–water partition coefficient (Wildman–Crippen LogP) is 2.80. The standard InChI is InChI=1S/C14H22FN3/c1-9-5-10(2)7-11(6-9)14(18-16)12-3-4-17-8-13(12)15/h3-4,8-11,14,18H,5-7,16H2,1-2H3. The van der Waals surface area contributed by atoms with Crippen molar-refractivity contribution >= 4 is 0 Å². The van der Waals surface area contributed by atoms with Crippen LogP contribution in [-0.2, 0) is 0 Å². The van der Waals surface area contributed by atoms with Gasteiger partial charge >= 0.3 is 0 Å². The number of hydrogen-bond donors (Lipinski definition) is 2. The average molecular weight is 251 g/mol. The van der Waals surface area contributed by atoms with Crippen molar-refractivity contribution in [3.8, 4) is 0 Å². The van der Waals surface area contributed by atoms with E-state index in [2.05, 4.69) is 24.3 Å². The summed E-state index contributed by atoms with van der Waals surface area (Å²) in [6, 6.07) is 1.61. The van der Waals surface area contributed by atoms with E-state index in [0.29, 0.717) is 23.3 Å². The average Bonchev–Trinajstić information content (AvgIpc) is 2.31. The molecular weight excluding hydrogens is 229 g/mol. The summed E-state index contributed by atoms with van der Waals surface area (Å²) in [4.78, 5) is 3.79. The van der Waals surface area contributed by atoms with E-state index in [0.717, 1.165) is 12.8 Å². The van der Waals surface area contributed by atoms with Crippen LogP contribution in [0.1, 0.15) is 44.7 Å². The van der Waals surface area contributed by atoms with Crippen LogP contribution in [0.4, 0.5) is 4.39 Å². The number of nitrogens with one attached hydrogen (secondary N) is 1. The molecule has 1 aromatic rings. The molecule has 100 valence electrons. The van der Waals surface area contributed by atoms with Crippen LogP contribution in [0.25, 0.3) is 0 Å². The van der Waals surface area contributed by atoms with Crippen LogP contribution >= 0.6 is 0 Å². The molecule has 0 aromatic carbocycles. The van der Waals surface area contributed by atoms with Crippen molar-refractivity contribution in [1.82, 2.24) is 10.4 Å². The molecule has 0 bridgehead atoms. The van der Waals surface area contributed by atoms with Gasteiger partial charge in [-0.2, -0.15) is 0 Å². The number of nitrogens with zero attached hydrogens (tertiary/aromatic N) is 1. The van der Waals surface area contributed by atoms with Crippen LogP contribution in [0.3, 0.4) is 0 Å². The Hall–Kier alpha value is -1.00. The van der Waals surface area contributed by atoms with E-state index < -0.39 is 0 Å². The summed E-state index contributed by atoms with van der Waals surface area (Å²) in [5.74, 6) is 7.14. The third-order valence-electron chi connectivity index (χ3n) is 4.00. The third-order valence-corrected chi connectivity index (χ3v) is 4.00. The Labute approximate surface area is 108 Å². The van der Waals surface area contributed by atoms with E-state index in [-0.39, 0.29) is 11.9 Å². The highest BCUT2D eigenvalue weighted by molar-refractivity contribution is 5.18. The highest BCUT2D eigenvalue weighted by atomic mass is 19.1. The normalized spacial score (nSPS) is 30.1. The number of halogens is 1. The largest absolute Gasteiger partial charge is 0.271 e. The van der Waals surface area contributed by atoms with Gasteiger partial charge in [-0.05, 0) is 43.1 Å². The third kappa shape index (κ3) is 2.87. The second kappa shape index (κ2) is 5.76. The molecule has 2 rings (SSSR count). The lowest BCUT2D eigenvalue weighted by Crippen LogP contribution is -2.37. The second-order valence-corrected chi connectivity index (χ2v) is 5.72. The molecule has 3 unspecified atom stereocenters. The van der Waals surface area contributed by atoms with Crippen LogP contribution < -0.4 is 11.3 Å². The first-order valence-electron chi connectivity index (χ1n) is 6.67. The Morgan fingerprint density at radius 1 is 1.33 bits per heavy atom. The number of nitrogens with two attached hydrogens (primary N) is 1. The van der Waals surface area contributed by atoms with Crippen molar-refractivity contribution in [2.24, 2.45) is 23.6 Å². The number of aromatic nitrogens is 1. The zero-order valence-corrected chi connectivity index (χ0v) is 11.1. The smallest absolute Gasteiger partial charge is 0.146 e. The summed E-state index contributed by atoms with van der Waals surface area (Å²) in [6.07, 6.45) is 6.34. The summed E-state index contributed by atoms with van der Waals surface area (Å²) in [5.41, 5.74) is 3.44. The van der Waals surface area contributed by atoms with Crippen LogP contribution in [-0.4, -0.2) is 4.98 Å². The lowest BCUT2D eigenvalue weighted by atomic mass is 9.72. The van der Waals surface area contributed by atoms with E-state index in [1.54, 1.807) is 12.3 Å². The maximum atomic E-state index is 13.8. The fourth-order valence-corrected chi connectivity index (χ4v) is 3.40. The van der Waals surface area contributed by atoms with Crippen molar-refractivity contribution in [1.29, 1.82) is 0 Å². The highest BCUT2D eigenvalue weighted by Gasteiger charge is 2.31. The van der Waals surface area contributed by atoms with Gasteiger partial charge in [-0.25, -0.2) is 4.39 Å². The molecule has 4 heteroatoms. The van der Waals surface area contributed by atoms with Crippen LogP contribution in [0.15, 0.2) is 18.5 Å². The highest BCUT2D eigenvalue weighted by Crippen LogP contribution is 2.39. The summed E-state index contributed by atoms with van der Waals surface area (Å²) in [6.45, 7) is 4.53. The summed E-state index contributed by atoms with van der Waals surface area (Å²) >= 11 is 0. The lowest BCUT2D eigenvalue weighted by molar-refractivity contribution is 0.175. The van der Waals surface area contributed by atoms with Gasteiger partial charge in [0.1, 0.15) is 5.82 Å². The van der Waals surface area contributed by atoms with Crippen molar-refractivity contribution in [3.63, 3.8) is 0 Å². The van der Waals surface area contributed by atoms with Crippen molar-refractivity contribution in [3.05, 3.63) is 29.8 Å². The molecule has 1 aromatic heterocycles. The fraction of sp³-hybridized carbons (Fsp3) is 0.643. The predicted molar refractivity (Wildman–Crippen MR) is 69.9 cm³/mol. The van der Waals surface area contributed by atoms with E-state index in [1.807, 2.05) is 0 Å². The molecule has 3 atom stereocenters. The first kappa shape index (κ1) is 13.4. The minimum absolute atomic E-state index is 0.113. The lowest BCUT2D eigenvalue weighted by Gasteiger charge is -2.36. The van der Waals surface area contributed by atoms with E-state index >= 15 is 0 Å². The number of pyridine rings is 1. The number of hydrogen-bond acceptors (Lipinski definition) is 3. The van der Waals surface area contributed by atoms with Gasteiger partial charge < -0.3 is 0 Å². The Bertz CT molecular complexity index is 386. The first-order chi connectivity index (χ1) is 8.61. The zero-order valence-electron chi connectivity index (χ0n) is 11.1. The molecule has 1 saturated carbocycles. The van der Waals surface area contributed by atoms with Gasteiger partial charge in [0.15, 0.2) is 0 Å². The topological polar surface area (TPSA) is 50.9 Å². The molecule has 0 aliphatic heterocycles. The maximum absolute atomic E-state index is 13.8.